The molecule has 0 saturated carbocycles. The average molecular weight is 316 g/mol. The molecule has 1 heterocycles. The molecule has 0 bridgehead atoms. The van der Waals surface area contributed by atoms with Gasteiger partial charge in [0.15, 0.2) is 0 Å². The lowest BCUT2D eigenvalue weighted by Crippen LogP contribution is -2.35. The first-order valence-corrected chi connectivity index (χ1v) is 8.15. The Morgan fingerprint density at radius 3 is 2.81 bits per heavy atom. The van der Waals surface area contributed by atoms with Crippen LogP contribution in [0.4, 0.5) is 4.39 Å². The first kappa shape index (κ1) is 15.9. The number of halogens is 1. The summed E-state index contributed by atoms with van der Waals surface area (Å²) in [7, 11) is -4.20. The van der Waals surface area contributed by atoms with Crippen molar-refractivity contribution in [1.29, 1.82) is 0 Å². The lowest BCUT2D eigenvalue weighted by Gasteiger charge is -2.22. The van der Waals surface area contributed by atoms with E-state index in [4.69, 9.17) is 9.88 Å². The van der Waals surface area contributed by atoms with Crippen LogP contribution in [0.1, 0.15) is 29.6 Å². The first-order valence-electron chi connectivity index (χ1n) is 6.60. The number of benzene rings is 1. The molecule has 1 saturated heterocycles. The van der Waals surface area contributed by atoms with E-state index in [0.29, 0.717) is 13.2 Å². The second-order valence-corrected chi connectivity index (χ2v) is 6.42. The highest BCUT2D eigenvalue weighted by molar-refractivity contribution is 7.89. The van der Waals surface area contributed by atoms with Crippen LogP contribution >= 0.6 is 0 Å². The molecule has 1 amide bonds. The molecule has 8 heteroatoms. The van der Waals surface area contributed by atoms with Crippen LogP contribution in [0.2, 0.25) is 0 Å². The lowest BCUT2D eigenvalue weighted by atomic mass is 10.1. The summed E-state index contributed by atoms with van der Waals surface area (Å²) in [4.78, 5) is 11.3. The van der Waals surface area contributed by atoms with E-state index in [1.807, 2.05) is 0 Å². The van der Waals surface area contributed by atoms with Crippen LogP contribution < -0.4 is 10.5 Å². The maximum Gasteiger partial charge on any atom is 0.251 e. The summed E-state index contributed by atoms with van der Waals surface area (Å²) in [6.07, 6.45) is 2.89. The number of nitrogens with one attached hydrogen (secondary N) is 1. The zero-order valence-electron chi connectivity index (χ0n) is 11.3. The van der Waals surface area contributed by atoms with Gasteiger partial charge >= 0.3 is 0 Å². The largest absolute Gasteiger partial charge is 0.376 e. The van der Waals surface area contributed by atoms with E-state index >= 15 is 0 Å². The minimum Gasteiger partial charge on any atom is -0.376 e. The third-order valence-corrected chi connectivity index (χ3v) is 4.19. The van der Waals surface area contributed by atoms with Gasteiger partial charge in [-0.05, 0) is 37.5 Å². The SMILES string of the molecule is NS(=O)(=O)c1cc(C(=O)NCC2CCCCO2)ccc1F. The van der Waals surface area contributed by atoms with Crippen molar-refractivity contribution in [3.05, 3.63) is 29.6 Å². The van der Waals surface area contributed by atoms with E-state index in [-0.39, 0.29) is 11.7 Å². The van der Waals surface area contributed by atoms with E-state index in [0.717, 1.165) is 31.4 Å². The number of nitrogens with two attached hydrogens (primary N) is 1. The topological polar surface area (TPSA) is 98.5 Å². The van der Waals surface area contributed by atoms with Gasteiger partial charge in [-0.1, -0.05) is 0 Å². The summed E-state index contributed by atoms with van der Waals surface area (Å²) in [5.41, 5.74) is 0.0382. The molecule has 1 aromatic rings. The fraction of sp³-hybridized carbons (Fsp3) is 0.462. The molecular formula is C13H17FN2O4S. The van der Waals surface area contributed by atoms with E-state index < -0.39 is 26.6 Å². The van der Waals surface area contributed by atoms with Crippen LogP contribution in [0, 0.1) is 5.82 Å². The van der Waals surface area contributed by atoms with Crippen LogP contribution in [-0.4, -0.2) is 33.6 Å². The Hall–Kier alpha value is -1.51. The highest BCUT2D eigenvalue weighted by Crippen LogP contribution is 2.15. The van der Waals surface area contributed by atoms with Crippen molar-refractivity contribution < 1.29 is 22.3 Å². The zero-order valence-corrected chi connectivity index (χ0v) is 12.2. The van der Waals surface area contributed by atoms with Gasteiger partial charge in [-0.3, -0.25) is 4.79 Å². The van der Waals surface area contributed by atoms with Crippen LogP contribution in [-0.2, 0) is 14.8 Å². The van der Waals surface area contributed by atoms with E-state index in [1.165, 1.54) is 6.07 Å². The molecule has 0 aliphatic carbocycles. The summed E-state index contributed by atoms with van der Waals surface area (Å²) in [5.74, 6) is -1.47. The highest BCUT2D eigenvalue weighted by Gasteiger charge is 2.19. The number of hydrogen-bond donors (Lipinski definition) is 2. The predicted octanol–water partition coefficient (Wildman–Crippen LogP) is 0.772. The maximum absolute atomic E-state index is 13.4. The Kier molecular flexibility index (Phi) is 4.92. The van der Waals surface area contributed by atoms with Crippen molar-refractivity contribution in [2.45, 2.75) is 30.3 Å². The van der Waals surface area contributed by atoms with Gasteiger partial charge in [-0.25, -0.2) is 17.9 Å². The molecule has 1 aliphatic rings. The lowest BCUT2D eigenvalue weighted by molar-refractivity contribution is 0.0169. The molecule has 0 aromatic heterocycles. The molecule has 1 fully saturated rings. The first-order chi connectivity index (χ1) is 9.88. The second kappa shape index (κ2) is 6.50. The molecule has 3 N–H and O–H groups in total. The number of carbonyl (C=O) groups is 1. The Bertz CT molecular complexity index is 627. The van der Waals surface area contributed by atoms with Crippen LogP contribution in [0.5, 0.6) is 0 Å². The molecular weight excluding hydrogens is 299 g/mol. The van der Waals surface area contributed by atoms with E-state index in [1.54, 1.807) is 0 Å². The van der Waals surface area contributed by atoms with Crippen molar-refractivity contribution >= 4 is 15.9 Å². The minimum atomic E-state index is -4.20. The fourth-order valence-corrected chi connectivity index (χ4v) is 2.77. The molecule has 21 heavy (non-hydrogen) atoms. The van der Waals surface area contributed by atoms with E-state index in [2.05, 4.69) is 5.32 Å². The zero-order chi connectivity index (χ0) is 15.5. The van der Waals surface area contributed by atoms with Crippen LogP contribution in [0.3, 0.4) is 0 Å². The minimum absolute atomic E-state index is 0.0382. The second-order valence-electron chi connectivity index (χ2n) is 4.89. The quantitative estimate of drug-likeness (QED) is 0.857. The number of sulfonamides is 1. The van der Waals surface area contributed by atoms with Crippen LogP contribution in [0.15, 0.2) is 23.1 Å². The molecule has 6 nitrogen and oxygen atoms in total. The Labute approximate surface area is 122 Å². The van der Waals surface area contributed by atoms with Crippen molar-refractivity contribution in [1.82, 2.24) is 5.32 Å². The fourth-order valence-electron chi connectivity index (χ4n) is 2.14. The van der Waals surface area contributed by atoms with Crippen molar-refractivity contribution in [2.24, 2.45) is 5.14 Å². The number of hydrogen-bond acceptors (Lipinski definition) is 4. The summed E-state index contributed by atoms with van der Waals surface area (Å²) in [6.45, 7) is 1.01. The molecule has 116 valence electrons. The summed E-state index contributed by atoms with van der Waals surface area (Å²) in [5, 5.41) is 7.54. The summed E-state index contributed by atoms with van der Waals surface area (Å²) >= 11 is 0. The maximum atomic E-state index is 13.4. The third-order valence-electron chi connectivity index (χ3n) is 3.26. The summed E-state index contributed by atoms with van der Waals surface area (Å²) in [6, 6.07) is 3.05. The number of amides is 1. The van der Waals surface area contributed by atoms with Gasteiger partial charge in [0.05, 0.1) is 6.10 Å². The number of primary sulfonamides is 1. The number of ether oxygens (including phenoxy) is 1. The molecule has 1 atom stereocenters. The monoisotopic (exact) mass is 316 g/mol. The number of rotatable bonds is 4. The van der Waals surface area contributed by atoms with Gasteiger partial charge < -0.3 is 10.1 Å². The van der Waals surface area contributed by atoms with Gasteiger partial charge in [0, 0.05) is 18.7 Å². The molecule has 0 radical (unpaired) electrons. The molecule has 2 rings (SSSR count). The molecule has 1 aromatic carbocycles. The normalized spacial score (nSPS) is 19.2. The van der Waals surface area contributed by atoms with Gasteiger partial charge in [-0.15, -0.1) is 0 Å². The molecule has 0 spiro atoms. The van der Waals surface area contributed by atoms with E-state index in [9.17, 15) is 17.6 Å². The average Bonchev–Trinajstić information content (AvgIpc) is 2.45. The van der Waals surface area contributed by atoms with Gasteiger partial charge in [0.1, 0.15) is 10.7 Å². The smallest absolute Gasteiger partial charge is 0.251 e. The number of carbonyl (C=O) groups excluding carboxylic acids is 1. The predicted molar refractivity (Wildman–Crippen MR) is 73.7 cm³/mol. The van der Waals surface area contributed by atoms with Gasteiger partial charge in [-0.2, -0.15) is 0 Å². The van der Waals surface area contributed by atoms with Gasteiger partial charge in [0.25, 0.3) is 5.91 Å². The summed E-state index contributed by atoms with van der Waals surface area (Å²) < 4.78 is 41.3. The van der Waals surface area contributed by atoms with Crippen molar-refractivity contribution in [2.75, 3.05) is 13.2 Å². The molecule has 1 unspecified atom stereocenters. The molecule has 1 aliphatic heterocycles. The Balaban J connectivity index is 2.05. The Morgan fingerprint density at radius 2 is 2.19 bits per heavy atom. The third kappa shape index (κ3) is 4.23. The van der Waals surface area contributed by atoms with Gasteiger partial charge in [0.2, 0.25) is 10.0 Å². The highest BCUT2D eigenvalue weighted by atomic mass is 32.2. The standard InChI is InChI=1S/C13H17FN2O4S/c14-11-5-4-9(7-12(11)21(15,18)19)13(17)16-8-10-3-1-2-6-20-10/h4-5,7,10H,1-3,6,8H2,(H,16,17)(H2,15,18,19). The Morgan fingerprint density at radius 1 is 1.43 bits per heavy atom. The van der Waals surface area contributed by atoms with Crippen molar-refractivity contribution in [3.8, 4) is 0 Å². The van der Waals surface area contributed by atoms with Crippen LogP contribution in [0.25, 0.3) is 0 Å². The van der Waals surface area contributed by atoms with Crippen molar-refractivity contribution in [3.63, 3.8) is 0 Å².